The zero-order chi connectivity index (χ0) is 27.6. The van der Waals surface area contributed by atoms with Crippen molar-refractivity contribution in [1.29, 1.82) is 0 Å². The summed E-state index contributed by atoms with van der Waals surface area (Å²) in [5.41, 5.74) is 1.79. The van der Waals surface area contributed by atoms with Crippen molar-refractivity contribution < 1.29 is 60.2 Å². The minimum atomic E-state index is -1.49. The molecule has 1 aliphatic heterocycles. The summed E-state index contributed by atoms with van der Waals surface area (Å²) in [5, 5.41) is 10.4. The third-order valence-electron chi connectivity index (χ3n) is 2.91. The minimum Gasteiger partial charge on any atom is -0.444 e. The summed E-state index contributed by atoms with van der Waals surface area (Å²) in [4.78, 5) is 61.6. The van der Waals surface area contributed by atoms with Crippen molar-refractivity contribution in [2.75, 3.05) is 13.1 Å². The first-order valence-corrected chi connectivity index (χ1v) is 12.4. The molecule has 0 saturated carbocycles. The number of nitrogens with zero attached hydrogens (tertiary/aromatic N) is 1. The van der Waals surface area contributed by atoms with Crippen molar-refractivity contribution in [2.45, 2.75) is 64.5 Å². The van der Waals surface area contributed by atoms with Gasteiger partial charge in [-0.25, -0.2) is 4.79 Å². The van der Waals surface area contributed by atoms with Crippen molar-refractivity contribution in [1.82, 2.24) is 4.90 Å². The van der Waals surface area contributed by atoms with E-state index in [1.807, 2.05) is 61.5 Å². The number of likely N-dealkylation sites (tertiary alicyclic amines) is 1. The van der Waals surface area contributed by atoms with Gasteiger partial charge in [0.15, 0.2) is 0 Å². The predicted octanol–water partition coefficient (Wildman–Crippen LogP) is 1.52. The second-order valence-corrected chi connectivity index (χ2v) is 12.2. The van der Waals surface area contributed by atoms with Crippen molar-refractivity contribution in [3.05, 3.63) is 0 Å². The number of hydrogen-bond donors (Lipinski definition) is 1. The van der Waals surface area contributed by atoms with Gasteiger partial charge in [0.05, 0.1) is 0 Å². The van der Waals surface area contributed by atoms with Gasteiger partial charge < -0.3 is 43.5 Å². The first-order chi connectivity index (χ1) is 14.9. The molecule has 1 heterocycles. The van der Waals surface area contributed by atoms with Crippen LogP contribution in [0.15, 0.2) is 0 Å². The molecule has 12 heteroatoms. The minimum absolute atomic E-state index is 0. The van der Waals surface area contributed by atoms with Crippen LogP contribution in [0.5, 0.6) is 0 Å². The summed E-state index contributed by atoms with van der Waals surface area (Å²) < 4.78 is 5.34. The molecule has 0 spiro atoms. The molecular formula is C21H39CoNO9Si. The van der Waals surface area contributed by atoms with Crippen molar-refractivity contribution >= 4 is 54.9 Å². The van der Waals surface area contributed by atoms with Crippen LogP contribution in [0.25, 0.3) is 0 Å². The van der Waals surface area contributed by atoms with Crippen molar-refractivity contribution in [2.24, 2.45) is 0 Å². The molecule has 1 fully saturated rings. The number of carbonyl (C=O) groups excluding carboxylic acids is 7. The van der Waals surface area contributed by atoms with Crippen molar-refractivity contribution in [3.8, 4) is 11.5 Å². The molecule has 1 rings (SSSR count). The van der Waals surface area contributed by atoms with Crippen LogP contribution in [0.1, 0.15) is 33.6 Å². The van der Waals surface area contributed by atoms with Gasteiger partial charge in [0.1, 0.15) is 60.0 Å². The second kappa shape index (κ2) is 29.5. The van der Waals surface area contributed by atoms with Crippen molar-refractivity contribution in [3.63, 3.8) is 0 Å². The first kappa shape index (κ1) is 48.1. The molecule has 1 aliphatic rings. The van der Waals surface area contributed by atoms with Crippen LogP contribution < -0.4 is 0 Å². The van der Waals surface area contributed by atoms with Gasteiger partial charge in [-0.05, 0) is 20.8 Å². The van der Waals surface area contributed by atoms with Crippen LogP contribution in [-0.2, 0) is 50.3 Å². The number of ether oxygens (including phenoxy) is 1. The fourth-order valence-corrected chi connectivity index (χ4v) is 2.42. The summed E-state index contributed by atoms with van der Waals surface area (Å²) in [6.07, 6.45) is 0.672. The zero-order valence-corrected chi connectivity index (χ0v) is 22.6. The molecular weight excluding hydrogens is 497 g/mol. The van der Waals surface area contributed by atoms with Gasteiger partial charge >= 0.3 is 6.09 Å². The van der Waals surface area contributed by atoms with E-state index in [1.165, 1.54) is 0 Å². The molecule has 1 saturated heterocycles. The van der Waals surface area contributed by atoms with E-state index in [-0.39, 0.29) is 22.9 Å². The molecule has 0 atom stereocenters. The maximum absolute atomic E-state index is 11.9. The van der Waals surface area contributed by atoms with Crippen LogP contribution in [0.2, 0.25) is 19.6 Å². The van der Waals surface area contributed by atoms with Crippen LogP contribution in [0.3, 0.4) is 0 Å². The van der Waals surface area contributed by atoms with E-state index >= 15 is 0 Å². The topological polar surface area (TPSA) is 152 Å². The summed E-state index contributed by atoms with van der Waals surface area (Å²) in [6, 6.07) is 0. The van der Waals surface area contributed by atoms with Crippen LogP contribution in [0.4, 0.5) is 4.79 Å². The van der Waals surface area contributed by atoms with Crippen LogP contribution in [0, 0.1) is 11.5 Å². The first-order valence-electron chi connectivity index (χ1n) is 8.88. The third-order valence-corrected chi connectivity index (χ3v) is 3.79. The molecule has 0 aromatic carbocycles. The monoisotopic (exact) mass is 536 g/mol. The summed E-state index contributed by atoms with van der Waals surface area (Å²) in [7, 11) is -1.49. The normalized spacial score (nSPS) is 12.3. The number of piperidine rings is 1. The maximum Gasteiger partial charge on any atom is 0.410 e. The number of rotatable bonds is 0. The van der Waals surface area contributed by atoms with Gasteiger partial charge in [-0.3, -0.25) is 0 Å². The van der Waals surface area contributed by atoms with E-state index < -0.39 is 19.3 Å². The Labute approximate surface area is 209 Å². The van der Waals surface area contributed by atoms with E-state index in [1.54, 1.807) is 4.90 Å². The fourth-order valence-electron chi connectivity index (χ4n) is 1.81. The third kappa shape index (κ3) is 34.3. The van der Waals surface area contributed by atoms with E-state index in [2.05, 4.69) is 31.1 Å². The largest absolute Gasteiger partial charge is 0.444 e. The van der Waals surface area contributed by atoms with Gasteiger partial charge in [0.2, 0.25) is 0 Å². The molecule has 0 aromatic rings. The Bertz CT molecular complexity index is 505. The predicted molar refractivity (Wildman–Crippen MR) is 126 cm³/mol. The SMILES string of the molecule is C=O.C=O.C=O.C=O.C=O.C=O.CC(C)(C)OC(=O)N1CCC(O)(C#C[Si](C)(C)C)CC1.[Co]. The smallest absolute Gasteiger partial charge is 0.410 e. The summed E-state index contributed by atoms with van der Waals surface area (Å²) in [5.74, 6) is 3.03. The molecule has 33 heavy (non-hydrogen) atoms. The van der Waals surface area contributed by atoms with E-state index in [0.29, 0.717) is 25.9 Å². The maximum atomic E-state index is 11.9. The molecule has 0 aromatic heterocycles. The summed E-state index contributed by atoms with van der Waals surface area (Å²) in [6.45, 7) is 25.0. The van der Waals surface area contributed by atoms with E-state index in [0.717, 1.165) is 0 Å². The molecule has 10 nitrogen and oxygen atoms in total. The fraction of sp³-hybridized carbons (Fsp3) is 0.571. The molecule has 0 bridgehead atoms. The van der Waals surface area contributed by atoms with Crippen LogP contribution >= 0.6 is 0 Å². The Hall–Kier alpha value is -2.47. The standard InChI is InChI=1S/C15H27NO3Si.6CH2O.Co/c1-14(2,3)19-13(17)16-10-7-15(18,8-11-16)9-12-20(4,5)6;6*1-2;/h18H,7-8,10-11H2,1-6H3;6*1H2;. The molecule has 1 N–H and O–H groups in total. The molecule has 0 unspecified atom stereocenters. The van der Waals surface area contributed by atoms with E-state index in [4.69, 9.17) is 33.5 Å². The second-order valence-electron chi connectivity index (χ2n) is 7.50. The van der Waals surface area contributed by atoms with E-state index in [9.17, 15) is 9.90 Å². The molecule has 195 valence electrons. The molecule has 1 radical (unpaired) electrons. The average molecular weight is 537 g/mol. The number of hydrogen-bond acceptors (Lipinski definition) is 9. The van der Waals surface area contributed by atoms with Gasteiger partial charge in [0, 0.05) is 42.7 Å². The summed E-state index contributed by atoms with van der Waals surface area (Å²) >= 11 is 0. The van der Waals surface area contributed by atoms with Gasteiger partial charge in [-0.1, -0.05) is 25.6 Å². The quantitative estimate of drug-likeness (QED) is 0.359. The Morgan fingerprint density at radius 1 is 0.848 bits per heavy atom. The Morgan fingerprint density at radius 2 is 1.15 bits per heavy atom. The zero-order valence-electron chi connectivity index (χ0n) is 20.6. The van der Waals surface area contributed by atoms with Gasteiger partial charge in [-0.15, -0.1) is 5.54 Å². The molecule has 1 amide bonds. The average Bonchev–Trinajstić information content (AvgIpc) is 2.80. The Kier molecular flexibility index (Phi) is 43.0. The van der Waals surface area contributed by atoms with Crippen LogP contribution in [-0.4, -0.2) is 89.2 Å². The molecule has 0 aliphatic carbocycles. The Morgan fingerprint density at radius 3 is 1.39 bits per heavy atom. The van der Waals surface area contributed by atoms with Gasteiger partial charge in [0.25, 0.3) is 0 Å². The number of aliphatic hydroxyl groups is 1. The number of amides is 1. The Balaban J connectivity index is -0.0000000901. The van der Waals surface area contributed by atoms with Gasteiger partial charge in [-0.2, -0.15) is 0 Å². The number of carbonyl (C=O) groups is 7.